The standard InChI is InChI=1S/C20H23N5O3/c1-2-21-20(22-12-14-7-3-6-10-18(14)25(27)28)23-13-15-11-19(26)24-17-9-5-4-8-16(15)17/h3-10,15H,2,11-13H2,1H3,(H,24,26)(H2,21,22,23). The van der Waals surface area contributed by atoms with Crippen LogP contribution in [0, 0.1) is 10.1 Å². The Morgan fingerprint density at radius 1 is 1.21 bits per heavy atom. The van der Waals surface area contributed by atoms with Crippen LogP contribution in [0.2, 0.25) is 0 Å². The van der Waals surface area contributed by atoms with Gasteiger partial charge in [0.15, 0.2) is 5.96 Å². The van der Waals surface area contributed by atoms with Crippen LogP contribution in [0.3, 0.4) is 0 Å². The third kappa shape index (κ3) is 4.64. The third-order valence-electron chi connectivity index (χ3n) is 4.56. The Balaban J connectivity index is 1.71. The van der Waals surface area contributed by atoms with Crippen LogP contribution in [-0.4, -0.2) is 29.9 Å². The highest BCUT2D eigenvalue weighted by atomic mass is 16.6. The molecule has 0 aromatic heterocycles. The molecule has 1 aliphatic rings. The molecule has 0 saturated heterocycles. The Morgan fingerprint density at radius 2 is 1.96 bits per heavy atom. The first kappa shape index (κ1) is 19.3. The molecular formula is C20H23N5O3. The Labute approximate surface area is 163 Å². The van der Waals surface area contributed by atoms with Crippen LogP contribution in [-0.2, 0) is 11.3 Å². The Hall–Kier alpha value is -3.42. The summed E-state index contributed by atoms with van der Waals surface area (Å²) >= 11 is 0. The van der Waals surface area contributed by atoms with Crippen molar-refractivity contribution in [2.75, 3.05) is 18.4 Å². The smallest absolute Gasteiger partial charge is 0.274 e. The van der Waals surface area contributed by atoms with Gasteiger partial charge < -0.3 is 16.0 Å². The molecule has 8 heteroatoms. The van der Waals surface area contributed by atoms with Crippen LogP contribution in [0.1, 0.15) is 30.4 Å². The molecule has 0 spiro atoms. The average molecular weight is 381 g/mol. The zero-order valence-corrected chi connectivity index (χ0v) is 15.6. The van der Waals surface area contributed by atoms with Gasteiger partial charge in [-0.3, -0.25) is 14.9 Å². The van der Waals surface area contributed by atoms with Crippen molar-refractivity contribution < 1.29 is 9.72 Å². The fourth-order valence-electron chi connectivity index (χ4n) is 3.23. The quantitative estimate of drug-likeness (QED) is 0.309. The summed E-state index contributed by atoms with van der Waals surface area (Å²) in [7, 11) is 0. The van der Waals surface area contributed by atoms with Crippen molar-refractivity contribution in [2.45, 2.75) is 25.8 Å². The minimum atomic E-state index is -0.400. The molecule has 1 aliphatic heterocycles. The molecule has 1 atom stereocenters. The molecule has 146 valence electrons. The van der Waals surface area contributed by atoms with Gasteiger partial charge in [0.25, 0.3) is 5.69 Å². The first-order valence-electron chi connectivity index (χ1n) is 9.21. The second kappa shape index (κ2) is 8.98. The molecule has 1 unspecified atom stereocenters. The van der Waals surface area contributed by atoms with Crippen LogP contribution in [0.15, 0.2) is 53.5 Å². The fourth-order valence-corrected chi connectivity index (χ4v) is 3.23. The molecule has 1 amide bonds. The topological polar surface area (TPSA) is 109 Å². The van der Waals surface area contributed by atoms with Crippen molar-refractivity contribution in [3.63, 3.8) is 0 Å². The molecule has 3 N–H and O–H groups in total. The van der Waals surface area contributed by atoms with E-state index in [2.05, 4.69) is 20.9 Å². The number of rotatable bonds is 6. The average Bonchev–Trinajstić information content (AvgIpc) is 2.69. The number of hydrogen-bond acceptors (Lipinski definition) is 4. The van der Waals surface area contributed by atoms with Gasteiger partial charge >= 0.3 is 0 Å². The third-order valence-corrected chi connectivity index (χ3v) is 4.56. The van der Waals surface area contributed by atoms with Gasteiger partial charge in [-0.25, -0.2) is 4.99 Å². The van der Waals surface area contributed by atoms with Gasteiger partial charge in [-0.2, -0.15) is 0 Å². The van der Waals surface area contributed by atoms with Crippen molar-refractivity contribution in [2.24, 2.45) is 4.99 Å². The highest BCUT2D eigenvalue weighted by Gasteiger charge is 2.24. The van der Waals surface area contributed by atoms with E-state index in [0.29, 0.717) is 31.0 Å². The summed E-state index contributed by atoms with van der Waals surface area (Å²) in [5.74, 6) is 0.580. The lowest BCUT2D eigenvalue weighted by Gasteiger charge is -2.26. The molecule has 8 nitrogen and oxygen atoms in total. The summed E-state index contributed by atoms with van der Waals surface area (Å²) in [6, 6.07) is 14.3. The maximum absolute atomic E-state index is 12.0. The molecule has 2 aromatic rings. The molecule has 0 radical (unpaired) electrons. The second-order valence-corrected chi connectivity index (χ2v) is 6.50. The van der Waals surface area contributed by atoms with Gasteiger partial charge in [0.05, 0.1) is 17.0 Å². The maximum Gasteiger partial charge on any atom is 0.274 e. The second-order valence-electron chi connectivity index (χ2n) is 6.50. The van der Waals surface area contributed by atoms with E-state index >= 15 is 0 Å². The first-order chi connectivity index (χ1) is 13.6. The number of fused-ring (bicyclic) bond motifs is 1. The molecule has 0 bridgehead atoms. The number of hydrogen-bond donors (Lipinski definition) is 3. The maximum atomic E-state index is 12.0. The number of guanidine groups is 1. The van der Waals surface area contributed by atoms with E-state index < -0.39 is 4.92 Å². The number of nitrogens with zero attached hydrogens (tertiary/aromatic N) is 2. The Bertz CT molecular complexity index is 897. The first-order valence-corrected chi connectivity index (χ1v) is 9.21. The van der Waals surface area contributed by atoms with Crippen LogP contribution < -0.4 is 16.0 Å². The van der Waals surface area contributed by atoms with Crippen molar-refractivity contribution in [3.8, 4) is 0 Å². The van der Waals surface area contributed by atoms with Gasteiger partial charge in [-0.05, 0) is 18.6 Å². The lowest BCUT2D eigenvalue weighted by molar-refractivity contribution is -0.385. The zero-order valence-electron chi connectivity index (χ0n) is 15.6. The number of nitrogens with one attached hydrogen (secondary N) is 3. The normalized spacial score (nSPS) is 16.1. The SMILES string of the molecule is CCNC(=NCc1ccccc1[N+](=O)[O-])NCC1CC(=O)Nc2ccccc21. The van der Waals surface area contributed by atoms with Gasteiger partial charge in [0, 0.05) is 37.2 Å². The highest BCUT2D eigenvalue weighted by Crippen LogP contribution is 2.31. The number of aliphatic imine (C=N–C) groups is 1. The van der Waals surface area contributed by atoms with Crippen molar-refractivity contribution in [3.05, 3.63) is 69.8 Å². The molecular weight excluding hydrogens is 358 g/mol. The van der Waals surface area contributed by atoms with Gasteiger partial charge in [0.2, 0.25) is 5.91 Å². The monoisotopic (exact) mass is 381 g/mol. The minimum Gasteiger partial charge on any atom is -0.357 e. The zero-order chi connectivity index (χ0) is 19.9. The number of nitro benzene ring substituents is 1. The van der Waals surface area contributed by atoms with E-state index in [1.807, 2.05) is 31.2 Å². The van der Waals surface area contributed by atoms with Gasteiger partial charge in [-0.1, -0.05) is 36.4 Å². The largest absolute Gasteiger partial charge is 0.357 e. The van der Waals surface area contributed by atoms with Crippen molar-refractivity contribution >= 4 is 23.2 Å². The summed E-state index contributed by atoms with van der Waals surface area (Å²) in [5, 5.41) is 20.5. The van der Waals surface area contributed by atoms with E-state index in [4.69, 9.17) is 0 Å². The van der Waals surface area contributed by atoms with E-state index in [9.17, 15) is 14.9 Å². The number of carbonyl (C=O) groups is 1. The van der Waals surface area contributed by atoms with E-state index in [0.717, 1.165) is 11.3 Å². The molecule has 0 saturated carbocycles. The number of nitro groups is 1. The number of benzene rings is 2. The molecule has 3 rings (SSSR count). The summed E-state index contributed by atoms with van der Waals surface area (Å²) in [5.41, 5.74) is 2.53. The number of carbonyl (C=O) groups excluding carboxylic acids is 1. The van der Waals surface area contributed by atoms with E-state index in [-0.39, 0.29) is 24.1 Å². The lowest BCUT2D eigenvalue weighted by atomic mass is 9.90. The summed E-state index contributed by atoms with van der Waals surface area (Å²) in [6.45, 7) is 3.33. The number of para-hydroxylation sites is 2. The fraction of sp³-hybridized carbons (Fsp3) is 0.300. The molecule has 1 heterocycles. The van der Waals surface area contributed by atoms with Crippen molar-refractivity contribution in [1.82, 2.24) is 10.6 Å². The summed E-state index contributed by atoms with van der Waals surface area (Å²) in [6.07, 6.45) is 0.396. The van der Waals surface area contributed by atoms with Crippen LogP contribution in [0.4, 0.5) is 11.4 Å². The Kier molecular flexibility index (Phi) is 6.21. The predicted octanol–water partition coefficient (Wildman–Crippen LogP) is 2.78. The minimum absolute atomic E-state index is 0.00708. The van der Waals surface area contributed by atoms with Crippen molar-refractivity contribution in [1.29, 1.82) is 0 Å². The Morgan fingerprint density at radius 3 is 2.75 bits per heavy atom. The van der Waals surface area contributed by atoms with Crippen LogP contribution in [0.25, 0.3) is 0 Å². The van der Waals surface area contributed by atoms with E-state index in [1.54, 1.807) is 18.2 Å². The molecule has 2 aromatic carbocycles. The molecule has 0 aliphatic carbocycles. The summed E-state index contributed by atoms with van der Waals surface area (Å²) in [4.78, 5) is 27.2. The van der Waals surface area contributed by atoms with E-state index in [1.165, 1.54) is 6.07 Å². The summed E-state index contributed by atoms with van der Waals surface area (Å²) < 4.78 is 0. The predicted molar refractivity (Wildman–Crippen MR) is 108 cm³/mol. The van der Waals surface area contributed by atoms with Gasteiger partial charge in [-0.15, -0.1) is 0 Å². The molecule has 28 heavy (non-hydrogen) atoms. The van der Waals surface area contributed by atoms with Gasteiger partial charge in [0.1, 0.15) is 0 Å². The number of anilines is 1. The number of amides is 1. The lowest BCUT2D eigenvalue weighted by Crippen LogP contribution is -2.40. The van der Waals surface area contributed by atoms with Crippen LogP contribution in [0.5, 0.6) is 0 Å². The van der Waals surface area contributed by atoms with Crippen LogP contribution >= 0.6 is 0 Å². The highest BCUT2D eigenvalue weighted by molar-refractivity contribution is 5.94. The molecule has 0 fully saturated rings.